The van der Waals surface area contributed by atoms with Gasteiger partial charge in [-0.3, -0.25) is 4.99 Å². The molecular formula is C23H31NO3. The van der Waals surface area contributed by atoms with E-state index in [1.807, 2.05) is 43.3 Å². The first-order valence-electron chi connectivity index (χ1n) is 9.95. The number of benzene rings is 2. The Hall–Kier alpha value is -2.49. The number of aliphatic imine (C=N–C) groups is 1. The predicted octanol–water partition coefficient (Wildman–Crippen LogP) is 6.28. The highest BCUT2D eigenvalue weighted by molar-refractivity contribution is 5.85. The van der Waals surface area contributed by atoms with Crippen molar-refractivity contribution in [3.8, 4) is 17.2 Å². The number of hydrogen-bond acceptors (Lipinski definition) is 4. The highest BCUT2D eigenvalue weighted by Crippen LogP contribution is 2.24. The number of nitrogens with zero attached hydrogens (tertiary/aromatic N) is 1. The monoisotopic (exact) mass is 369 g/mol. The molecule has 146 valence electrons. The molecule has 0 aliphatic rings. The lowest BCUT2D eigenvalue weighted by atomic mass is 10.1. The van der Waals surface area contributed by atoms with Gasteiger partial charge in [-0.1, -0.05) is 39.0 Å². The number of aromatic hydroxyl groups is 1. The van der Waals surface area contributed by atoms with Crippen molar-refractivity contribution in [2.45, 2.75) is 52.4 Å². The van der Waals surface area contributed by atoms with E-state index in [1.54, 1.807) is 12.3 Å². The van der Waals surface area contributed by atoms with Crippen molar-refractivity contribution in [2.75, 3.05) is 13.2 Å². The largest absolute Gasteiger partial charge is 0.507 e. The van der Waals surface area contributed by atoms with E-state index in [0.717, 1.165) is 17.9 Å². The van der Waals surface area contributed by atoms with Gasteiger partial charge in [-0.15, -0.1) is 0 Å². The van der Waals surface area contributed by atoms with Crippen LogP contribution in [0.5, 0.6) is 17.2 Å². The summed E-state index contributed by atoms with van der Waals surface area (Å²) in [6.45, 7) is 5.51. The number of phenolic OH excluding ortho intramolecular Hbond substituents is 1. The van der Waals surface area contributed by atoms with Gasteiger partial charge in [-0.2, -0.15) is 0 Å². The third-order valence-corrected chi connectivity index (χ3v) is 4.27. The maximum Gasteiger partial charge on any atom is 0.128 e. The molecule has 2 aromatic rings. The quantitative estimate of drug-likeness (QED) is 0.354. The molecule has 0 bridgehead atoms. The van der Waals surface area contributed by atoms with Crippen LogP contribution >= 0.6 is 0 Å². The lowest BCUT2D eigenvalue weighted by Gasteiger charge is -2.08. The fourth-order valence-corrected chi connectivity index (χ4v) is 2.73. The Balaban J connectivity index is 1.81. The molecule has 0 atom stereocenters. The zero-order valence-electron chi connectivity index (χ0n) is 16.5. The molecule has 2 aromatic carbocycles. The van der Waals surface area contributed by atoms with Gasteiger partial charge in [0, 0.05) is 17.8 Å². The molecule has 0 radical (unpaired) electrons. The minimum Gasteiger partial charge on any atom is -0.507 e. The van der Waals surface area contributed by atoms with E-state index in [9.17, 15) is 5.11 Å². The van der Waals surface area contributed by atoms with E-state index < -0.39 is 0 Å². The Labute approximate surface area is 162 Å². The fraction of sp³-hybridized carbons (Fsp3) is 0.435. The maximum atomic E-state index is 10.2. The average molecular weight is 370 g/mol. The number of hydrogen-bond donors (Lipinski definition) is 1. The molecule has 4 heteroatoms. The molecule has 0 aromatic heterocycles. The van der Waals surface area contributed by atoms with Crippen molar-refractivity contribution < 1.29 is 14.6 Å². The average Bonchev–Trinajstić information content (AvgIpc) is 2.68. The SMILES string of the molecule is CCCCCCCCOc1ccc(C=Nc2ccc(OCC)cc2)c(O)c1. The Morgan fingerprint density at radius 1 is 0.852 bits per heavy atom. The normalized spacial score (nSPS) is 11.0. The molecule has 27 heavy (non-hydrogen) atoms. The van der Waals surface area contributed by atoms with Crippen molar-refractivity contribution in [3.63, 3.8) is 0 Å². The van der Waals surface area contributed by atoms with Crippen LogP contribution < -0.4 is 9.47 Å². The Kier molecular flexibility index (Phi) is 9.25. The minimum absolute atomic E-state index is 0.171. The third-order valence-electron chi connectivity index (χ3n) is 4.27. The summed E-state index contributed by atoms with van der Waals surface area (Å²) in [5.41, 5.74) is 1.47. The van der Waals surface area contributed by atoms with E-state index in [-0.39, 0.29) is 5.75 Å². The van der Waals surface area contributed by atoms with Crippen molar-refractivity contribution in [1.29, 1.82) is 0 Å². The summed E-state index contributed by atoms with van der Waals surface area (Å²) >= 11 is 0. The van der Waals surface area contributed by atoms with E-state index in [2.05, 4.69) is 11.9 Å². The van der Waals surface area contributed by atoms with Gasteiger partial charge in [0.05, 0.1) is 18.9 Å². The van der Waals surface area contributed by atoms with Crippen LogP contribution in [0.2, 0.25) is 0 Å². The molecule has 0 aliphatic carbocycles. The first kappa shape index (κ1) is 20.8. The maximum absolute atomic E-state index is 10.2. The summed E-state index contributed by atoms with van der Waals surface area (Å²) in [6.07, 6.45) is 9.05. The first-order valence-corrected chi connectivity index (χ1v) is 9.95. The zero-order chi connectivity index (χ0) is 19.3. The van der Waals surface area contributed by atoms with Crippen LogP contribution in [-0.4, -0.2) is 24.5 Å². The number of phenols is 1. The minimum atomic E-state index is 0.171. The summed E-state index contributed by atoms with van der Waals surface area (Å²) in [4.78, 5) is 4.40. The van der Waals surface area contributed by atoms with Gasteiger partial charge >= 0.3 is 0 Å². The topological polar surface area (TPSA) is 51.0 Å². The molecule has 0 heterocycles. The predicted molar refractivity (Wildman–Crippen MR) is 112 cm³/mol. The molecule has 0 unspecified atom stereocenters. The second-order valence-electron chi connectivity index (χ2n) is 6.52. The van der Waals surface area contributed by atoms with Gasteiger partial charge in [0.15, 0.2) is 0 Å². The van der Waals surface area contributed by atoms with Gasteiger partial charge in [-0.25, -0.2) is 0 Å². The highest BCUT2D eigenvalue weighted by Gasteiger charge is 2.02. The summed E-state index contributed by atoms with van der Waals surface area (Å²) in [5, 5.41) is 10.2. The van der Waals surface area contributed by atoms with E-state index in [4.69, 9.17) is 9.47 Å². The molecule has 2 rings (SSSR count). The fourth-order valence-electron chi connectivity index (χ4n) is 2.73. The lowest BCUT2D eigenvalue weighted by molar-refractivity contribution is 0.302. The van der Waals surface area contributed by atoms with Crippen molar-refractivity contribution in [1.82, 2.24) is 0 Å². The van der Waals surface area contributed by atoms with Crippen LogP contribution in [0.25, 0.3) is 0 Å². The second kappa shape index (κ2) is 12.0. The van der Waals surface area contributed by atoms with Gasteiger partial charge in [0.1, 0.15) is 17.2 Å². The third kappa shape index (κ3) is 7.73. The Bertz CT molecular complexity index is 695. The van der Waals surface area contributed by atoms with Gasteiger partial charge in [-0.05, 0) is 49.7 Å². The number of rotatable bonds is 12. The summed E-state index contributed by atoms with van der Waals surface area (Å²) in [5.74, 6) is 1.69. The van der Waals surface area contributed by atoms with Crippen molar-refractivity contribution in [3.05, 3.63) is 48.0 Å². The van der Waals surface area contributed by atoms with Crippen LogP contribution in [0.4, 0.5) is 5.69 Å². The molecule has 0 saturated carbocycles. The van der Waals surface area contributed by atoms with Crippen molar-refractivity contribution in [2.24, 2.45) is 4.99 Å². The van der Waals surface area contributed by atoms with Crippen LogP contribution in [0.15, 0.2) is 47.5 Å². The van der Waals surface area contributed by atoms with Crippen LogP contribution in [0, 0.1) is 0 Å². The second-order valence-corrected chi connectivity index (χ2v) is 6.52. The number of ether oxygens (including phenoxy) is 2. The molecule has 4 nitrogen and oxygen atoms in total. The first-order chi connectivity index (χ1) is 13.2. The van der Waals surface area contributed by atoms with Crippen molar-refractivity contribution >= 4 is 11.9 Å². The molecule has 0 amide bonds. The van der Waals surface area contributed by atoms with E-state index >= 15 is 0 Å². The molecule has 0 saturated heterocycles. The smallest absolute Gasteiger partial charge is 0.128 e. The molecule has 0 aliphatic heterocycles. The van der Waals surface area contributed by atoms with E-state index in [0.29, 0.717) is 24.5 Å². The number of unbranched alkanes of at least 4 members (excludes halogenated alkanes) is 5. The molecule has 0 spiro atoms. The highest BCUT2D eigenvalue weighted by atomic mass is 16.5. The molecule has 0 fully saturated rings. The summed E-state index contributed by atoms with van der Waals surface area (Å²) in [7, 11) is 0. The lowest BCUT2D eigenvalue weighted by Crippen LogP contribution is -1.97. The van der Waals surface area contributed by atoms with Gasteiger partial charge in [0.25, 0.3) is 0 Å². The molecule has 1 N–H and O–H groups in total. The van der Waals surface area contributed by atoms with E-state index in [1.165, 1.54) is 32.1 Å². The molecular weight excluding hydrogens is 338 g/mol. The van der Waals surface area contributed by atoms with Crippen LogP contribution in [0.1, 0.15) is 57.9 Å². The zero-order valence-corrected chi connectivity index (χ0v) is 16.5. The van der Waals surface area contributed by atoms with Crippen LogP contribution in [0.3, 0.4) is 0 Å². The standard InChI is InChI=1S/C23H31NO3/c1-3-5-6-7-8-9-16-27-22-13-10-19(23(25)17-22)18-24-20-11-14-21(15-12-20)26-4-2/h10-15,17-18,25H,3-9,16H2,1-2H3. The van der Waals surface area contributed by atoms with Gasteiger partial charge < -0.3 is 14.6 Å². The Morgan fingerprint density at radius 2 is 1.56 bits per heavy atom. The Morgan fingerprint density at radius 3 is 2.26 bits per heavy atom. The van der Waals surface area contributed by atoms with Gasteiger partial charge in [0.2, 0.25) is 0 Å². The van der Waals surface area contributed by atoms with Crippen LogP contribution in [-0.2, 0) is 0 Å². The summed E-state index contributed by atoms with van der Waals surface area (Å²) in [6, 6.07) is 12.9. The summed E-state index contributed by atoms with van der Waals surface area (Å²) < 4.78 is 11.1.